The highest BCUT2D eigenvalue weighted by Gasteiger charge is 2.12. The Bertz CT molecular complexity index is 1240. The zero-order chi connectivity index (χ0) is 23.3. The van der Waals surface area contributed by atoms with E-state index in [1.165, 1.54) is 24.3 Å². The maximum absolute atomic E-state index is 11.0. The fourth-order valence-electron chi connectivity index (χ4n) is 2.80. The van der Waals surface area contributed by atoms with Crippen LogP contribution in [0.3, 0.4) is 0 Å². The smallest absolute Gasteiger partial charge is 0.270 e. The number of nitro benzene ring substituents is 2. The first-order valence-corrected chi connectivity index (χ1v) is 11.2. The van der Waals surface area contributed by atoms with E-state index in [9.17, 15) is 25.5 Å². The highest BCUT2D eigenvalue weighted by molar-refractivity contribution is 14.1. The summed E-state index contributed by atoms with van der Waals surface area (Å²) in [5.41, 5.74) is 2.26. The topological polar surface area (TPSA) is 119 Å². The van der Waals surface area contributed by atoms with Gasteiger partial charge >= 0.3 is 0 Å². The van der Waals surface area contributed by atoms with Crippen LogP contribution in [-0.4, -0.2) is 9.85 Å². The molecule has 0 unspecified atom stereocenters. The number of rotatable bonds is 7. The van der Waals surface area contributed by atoms with Crippen molar-refractivity contribution < 1.29 is 14.6 Å². The fourth-order valence-corrected chi connectivity index (χ4v) is 4.93. The van der Waals surface area contributed by atoms with Crippen LogP contribution in [0.15, 0.2) is 60.7 Å². The van der Waals surface area contributed by atoms with Gasteiger partial charge in [0.05, 0.1) is 28.6 Å². The van der Waals surface area contributed by atoms with Gasteiger partial charge in [-0.15, -0.1) is 0 Å². The minimum Gasteiger partial charge on any atom is -0.487 e. The number of ether oxygens (including phenoxy) is 1. The van der Waals surface area contributed by atoms with E-state index in [-0.39, 0.29) is 18.0 Å². The lowest BCUT2D eigenvalue weighted by atomic mass is 10.0. The van der Waals surface area contributed by atoms with Gasteiger partial charge in [-0.3, -0.25) is 20.2 Å². The lowest BCUT2D eigenvalue weighted by molar-refractivity contribution is -0.385. The maximum atomic E-state index is 11.0. The summed E-state index contributed by atoms with van der Waals surface area (Å²) in [6, 6.07) is 17.9. The molecule has 32 heavy (non-hydrogen) atoms. The predicted octanol–water partition coefficient (Wildman–Crippen LogP) is 6.36. The number of hydrogen-bond donors (Lipinski definition) is 0. The Morgan fingerprint density at radius 2 is 1.59 bits per heavy atom. The van der Waals surface area contributed by atoms with Crippen molar-refractivity contribution in [1.82, 2.24) is 0 Å². The van der Waals surface area contributed by atoms with Gasteiger partial charge < -0.3 is 4.74 Å². The second-order valence-corrected chi connectivity index (χ2v) is 8.83. The summed E-state index contributed by atoms with van der Waals surface area (Å²) >= 11 is 4.27. The van der Waals surface area contributed by atoms with Crippen molar-refractivity contribution in [2.75, 3.05) is 0 Å². The molecule has 3 rings (SSSR count). The molecule has 0 radical (unpaired) electrons. The van der Waals surface area contributed by atoms with E-state index < -0.39 is 9.85 Å². The van der Waals surface area contributed by atoms with Crippen LogP contribution in [0.2, 0.25) is 0 Å². The molecule has 0 aromatic heterocycles. The van der Waals surface area contributed by atoms with E-state index in [0.29, 0.717) is 16.9 Å². The quantitative estimate of drug-likeness (QED) is 0.0964. The van der Waals surface area contributed by atoms with Gasteiger partial charge in [0.1, 0.15) is 12.4 Å². The standard InChI is InChI=1S/C22H13I2N3O5/c23-20-9-15(8-17(12-25)16-2-1-3-19(11-16)27(30)31)10-21(24)22(20)32-13-14-4-6-18(7-5-14)26(28)29/h1-11H,13H2/b17-8-. The van der Waals surface area contributed by atoms with Gasteiger partial charge in [-0.05, 0) is 92.2 Å². The third-order valence-electron chi connectivity index (χ3n) is 4.35. The van der Waals surface area contributed by atoms with Gasteiger partial charge in [0, 0.05) is 24.3 Å². The van der Waals surface area contributed by atoms with Crippen molar-refractivity contribution in [2.24, 2.45) is 0 Å². The van der Waals surface area contributed by atoms with E-state index >= 15 is 0 Å². The van der Waals surface area contributed by atoms with Crippen molar-refractivity contribution in [1.29, 1.82) is 5.26 Å². The Kier molecular flexibility index (Phi) is 7.75. The highest BCUT2D eigenvalue weighted by atomic mass is 127. The molecule has 0 heterocycles. The Hall–Kier alpha value is -3.05. The molecule has 0 amide bonds. The number of nitrogens with zero attached hydrogens (tertiary/aromatic N) is 3. The van der Waals surface area contributed by atoms with Gasteiger partial charge in [0.2, 0.25) is 0 Å². The molecule has 0 saturated carbocycles. The number of halogens is 2. The number of nitriles is 1. The molecule has 0 spiro atoms. The number of nitro groups is 2. The summed E-state index contributed by atoms with van der Waals surface area (Å²) in [7, 11) is 0. The zero-order valence-corrected chi connectivity index (χ0v) is 20.5. The third-order valence-corrected chi connectivity index (χ3v) is 5.95. The molecular formula is C22H13I2N3O5. The molecule has 0 aliphatic carbocycles. The van der Waals surface area contributed by atoms with Crippen molar-refractivity contribution >= 4 is 68.2 Å². The lowest BCUT2D eigenvalue weighted by Gasteiger charge is -2.12. The van der Waals surface area contributed by atoms with Crippen LogP contribution >= 0.6 is 45.2 Å². The molecule has 10 heteroatoms. The van der Waals surface area contributed by atoms with Gasteiger partial charge in [-0.2, -0.15) is 5.26 Å². The monoisotopic (exact) mass is 653 g/mol. The van der Waals surface area contributed by atoms with Crippen molar-refractivity contribution in [3.63, 3.8) is 0 Å². The first kappa shape index (κ1) is 23.6. The highest BCUT2D eigenvalue weighted by Crippen LogP contribution is 2.31. The number of hydrogen-bond acceptors (Lipinski definition) is 6. The Labute approximate surface area is 210 Å². The molecule has 8 nitrogen and oxygen atoms in total. The van der Waals surface area contributed by atoms with Crippen LogP contribution < -0.4 is 4.74 Å². The van der Waals surface area contributed by atoms with Crippen LogP contribution in [0.5, 0.6) is 5.75 Å². The average molecular weight is 653 g/mol. The second kappa shape index (κ2) is 10.5. The van der Waals surface area contributed by atoms with Crippen LogP contribution in [0, 0.1) is 38.7 Å². The third kappa shape index (κ3) is 5.80. The second-order valence-electron chi connectivity index (χ2n) is 6.50. The number of non-ortho nitro benzene ring substituents is 2. The first-order valence-electron chi connectivity index (χ1n) is 9.00. The molecule has 3 aromatic carbocycles. The Morgan fingerprint density at radius 3 is 2.16 bits per heavy atom. The number of allylic oxidation sites excluding steroid dienone is 1. The molecule has 0 fully saturated rings. The summed E-state index contributed by atoms with van der Waals surface area (Å²) in [4.78, 5) is 20.8. The van der Waals surface area contributed by atoms with Gasteiger partial charge in [0.15, 0.2) is 0 Å². The maximum Gasteiger partial charge on any atom is 0.270 e. The normalized spacial score (nSPS) is 11.0. The van der Waals surface area contributed by atoms with Gasteiger partial charge in [-0.1, -0.05) is 12.1 Å². The predicted molar refractivity (Wildman–Crippen MR) is 136 cm³/mol. The molecule has 3 aromatic rings. The summed E-state index contributed by atoms with van der Waals surface area (Å²) in [6.45, 7) is 0.246. The summed E-state index contributed by atoms with van der Waals surface area (Å²) in [6.07, 6.45) is 1.67. The molecule has 0 saturated heterocycles. The largest absolute Gasteiger partial charge is 0.487 e. The summed E-state index contributed by atoms with van der Waals surface area (Å²) < 4.78 is 7.56. The van der Waals surface area contributed by atoms with Crippen molar-refractivity contribution in [2.45, 2.75) is 6.61 Å². The van der Waals surface area contributed by atoms with E-state index in [2.05, 4.69) is 51.3 Å². The van der Waals surface area contributed by atoms with Gasteiger partial charge in [-0.25, -0.2) is 0 Å². The van der Waals surface area contributed by atoms with Gasteiger partial charge in [0.25, 0.3) is 11.4 Å². The van der Waals surface area contributed by atoms with Crippen LogP contribution in [0.4, 0.5) is 11.4 Å². The number of benzene rings is 3. The van der Waals surface area contributed by atoms with E-state index in [0.717, 1.165) is 18.3 Å². The summed E-state index contributed by atoms with van der Waals surface area (Å²) in [5.74, 6) is 0.663. The molecular weight excluding hydrogens is 640 g/mol. The van der Waals surface area contributed by atoms with Crippen molar-refractivity contribution in [3.8, 4) is 11.8 Å². The Morgan fingerprint density at radius 1 is 0.969 bits per heavy atom. The van der Waals surface area contributed by atoms with Crippen LogP contribution in [0.25, 0.3) is 11.6 Å². The molecule has 160 valence electrons. The zero-order valence-electron chi connectivity index (χ0n) is 16.2. The lowest BCUT2D eigenvalue weighted by Crippen LogP contribution is -2.00. The van der Waals surface area contributed by atoms with E-state index in [1.54, 1.807) is 30.3 Å². The fraction of sp³-hybridized carbons (Fsp3) is 0.0455. The minimum absolute atomic E-state index is 0.0195. The molecule has 0 aliphatic rings. The Balaban J connectivity index is 1.83. The first-order chi connectivity index (χ1) is 15.3. The molecule has 0 N–H and O–H groups in total. The summed E-state index contributed by atoms with van der Waals surface area (Å²) in [5, 5.41) is 31.4. The molecule has 0 bridgehead atoms. The average Bonchev–Trinajstić information content (AvgIpc) is 2.77. The van der Waals surface area contributed by atoms with Crippen LogP contribution in [0.1, 0.15) is 16.7 Å². The minimum atomic E-state index is -0.499. The van der Waals surface area contributed by atoms with E-state index in [1.807, 2.05) is 12.1 Å². The SMILES string of the molecule is N#C/C(=C/c1cc(I)c(OCc2ccc([N+](=O)[O-])cc2)c(I)c1)c1cccc([N+](=O)[O-])c1. The van der Waals surface area contributed by atoms with E-state index in [4.69, 9.17) is 4.74 Å². The van der Waals surface area contributed by atoms with Crippen LogP contribution in [-0.2, 0) is 6.61 Å². The molecule has 0 atom stereocenters. The van der Waals surface area contributed by atoms with Crippen molar-refractivity contribution in [3.05, 3.63) is 105 Å². The molecule has 0 aliphatic heterocycles.